The van der Waals surface area contributed by atoms with Gasteiger partial charge in [-0.25, -0.2) is 4.98 Å². The number of benzene rings is 4. The minimum Gasteiger partial charge on any atom is -0.322 e. The van der Waals surface area contributed by atoms with Crippen molar-refractivity contribution < 1.29 is 4.79 Å². The monoisotopic (exact) mass is 482 g/mol. The Hall–Kier alpha value is -3.15. The molecule has 1 amide bonds. The number of anilines is 1. The Morgan fingerprint density at radius 3 is 2.50 bits per heavy atom. The highest BCUT2D eigenvalue weighted by atomic mass is 32.2. The van der Waals surface area contributed by atoms with Crippen LogP contribution in [0.1, 0.15) is 42.3 Å². The van der Waals surface area contributed by atoms with Crippen molar-refractivity contribution in [2.75, 3.05) is 5.32 Å². The molecule has 0 aliphatic heterocycles. The van der Waals surface area contributed by atoms with Crippen LogP contribution in [0.5, 0.6) is 0 Å². The number of carbonyl (C=O) groups is 1. The van der Waals surface area contributed by atoms with Gasteiger partial charge in [-0.15, -0.1) is 11.3 Å². The molecular formula is C29H26N2OS2. The van der Waals surface area contributed by atoms with Gasteiger partial charge in [0.15, 0.2) is 4.34 Å². The Balaban J connectivity index is 1.29. The van der Waals surface area contributed by atoms with Crippen molar-refractivity contribution in [3.8, 4) is 0 Å². The largest absolute Gasteiger partial charge is 0.322 e. The predicted molar refractivity (Wildman–Crippen MR) is 146 cm³/mol. The molecule has 0 aliphatic carbocycles. The molecule has 1 N–H and O–H groups in total. The maximum atomic E-state index is 13.0. The highest BCUT2D eigenvalue weighted by Crippen LogP contribution is 2.33. The summed E-state index contributed by atoms with van der Waals surface area (Å²) < 4.78 is 2.11. The third-order valence-corrected chi connectivity index (χ3v) is 8.08. The lowest BCUT2D eigenvalue weighted by Crippen LogP contribution is -2.12. The van der Waals surface area contributed by atoms with Crippen molar-refractivity contribution in [1.82, 2.24) is 4.98 Å². The van der Waals surface area contributed by atoms with E-state index in [9.17, 15) is 4.79 Å². The van der Waals surface area contributed by atoms with Gasteiger partial charge < -0.3 is 5.32 Å². The number of amides is 1. The second kappa shape index (κ2) is 9.24. The molecule has 0 aliphatic rings. The third-order valence-electron chi connectivity index (χ3n) is 5.84. The van der Waals surface area contributed by atoms with Crippen LogP contribution in [-0.4, -0.2) is 10.9 Å². The molecule has 0 fully saturated rings. The van der Waals surface area contributed by atoms with Gasteiger partial charge in [-0.1, -0.05) is 93.2 Å². The molecule has 0 saturated carbocycles. The van der Waals surface area contributed by atoms with Gasteiger partial charge in [-0.2, -0.15) is 0 Å². The van der Waals surface area contributed by atoms with Crippen molar-refractivity contribution in [2.45, 2.75) is 36.3 Å². The van der Waals surface area contributed by atoms with E-state index >= 15 is 0 Å². The van der Waals surface area contributed by atoms with Crippen molar-refractivity contribution in [3.05, 3.63) is 102 Å². The number of thiazole rings is 1. The summed E-state index contributed by atoms with van der Waals surface area (Å²) >= 11 is 3.41. The Morgan fingerprint density at radius 2 is 1.71 bits per heavy atom. The van der Waals surface area contributed by atoms with Gasteiger partial charge in [-0.05, 0) is 51.6 Å². The second-order valence-corrected chi connectivity index (χ2v) is 11.6. The molecule has 4 aromatic carbocycles. The zero-order chi connectivity index (χ0) is 23.7. The van der Waals surface area contributed by atoms with Crippen LogP contribution in [0.3, 0.4) is 0 Å². The highest BCUT2D eigenvalue weighted by Gasteiger charge is 2.14. The first-order valence-electron chi connectivity index (χ1n) is 11.3. The molecule has 34 heavy (non-hydrogen) atoms. The Kier molecular flexibility index (Phi) is 6.15. The average Bonchev–Trinajstić information content (AvgIpc) is 3.24. The van der Waals surface area contributed by atoms with E-state index in [0.29, 0.717) is 5.56 Å². The van der Waals surface area contributed by atoms with Crippen LogP contribution < -0.4 is 5.32 Å². The fourth-order valence-corrected chi connectivity index (χ4v) is 5.97. The van der Waals surface area contributed by atoms with E-state index in [-0.39, 0.29) is 11.3 Å². The van der Waals surface area contributed by atoms with E-state index in [4.69, 9.17) is 4.98 Å². The SMILES string of the molecule is CC(C)(C)c1ccc(CSc2nc3ccc(NC(=O)c4cccc5ccccc45)cc3s2)cc1. The zero-order valence-electron chi connectivity index (χ0n) is 19.5. The topological polar surface area (TPSA) is 42.0 Å². The van der Waals surface area contributed by atoms with Gasteiger partial charge in [0.1, 0.15) is 0 Å². The van der Waals surface area contributed by atoms with E-state index < -0.39 is 0 Å². The van der Waals surface area contributed by atoms with E-state index in [1.165, 1.54) is 11.1 Å². The first kappa shape index (κ1) is 22.6. The lowest BCUT2D eigenvalue weighted by atomic mass is 9.87. The van der Waals surface area contributed by atoms with E-state index in [0.717, 1.165) is 36.8 Å². The number of hydrogen-bond donors (Lipinski definition) is 1. The Labute approximate surface area is 208 Å². The van der Waals surface area contributed by atoms with Crippen LogP contribution >= 0.6 is 23.1 Å². The minimum atomic E-state index is -0.103. The first-order valence-corrected chi connectivity index (χ1v) is 13.1. The van der Waals surface area contributed by atoms with Crippen LogP contribution in [0.25, 0.3) is 21.0 Å². The number of aromatic nitrogens is 1. The van der Waals surface area contributed by atoms with Gasteiger partial charge in [-0.3, -0.25) is 4.79 Å². The van der Waals surface area contributed by atoms with Crippen molar-refractivity contribution in [1.29, 1.82) is 0 Å². The molecule has 5 rings (SSSR count). The predicted octanol–water partition coefficient (Wildman–Crippen LogP) is 8.29. The van der Waals surface area contributed by atoms with E-state index in [2.05, 4.69) is 50.4 Å². The lowest BCUT2D eigenvalue weighted by Gasteiger charge is -2.19. The number of fused-ring (bicyclic) bond motifs is 2. The molecule has 1 heterocycles. The summed E-state index contributed by atoms with van der Waals surface area (Å²) in [4.78, 5) is 17.8. The summed E-state index contributed by atoms with van der Waals surface area (Å²) in [5.41, 5.74) is 5.22. The van der Waals surface area contributed by atoms with Gasteiger partial charge in [0.2, 0.25) is 0 Å². The van der Waals surface area contributed by atoms with Crippen molar-refractivity contribution in [2.24, 2.45) is 0 Å². The number of carbonyl (C=O) groups excluding carboxylic acids is 1. The number of nitrogens with one attached hydrogen (secondary N) is 1. The van der Waals surface area contributed by atoms with E-state index in [1.807, 2.05) is 60.7 Å². The van der Waals surface area contributed by atoms with Crippen molar-refractivity contribution in [3.63, 3.8) is 0 Å². The summed E-state index contributed by atoms with van der Waals surface area (Å²) in [7, 11) is 0. The summed E-state index contributed by atoms with van der Waals surface area (Å²) in [6, 6.07) is 28.5. The Morgan fingerprint density at radius 1 is 0.941 bits per heavy atom. The molecule has 170 valence electrons. The number of rotatable bonds is 5. The summed E-state index contributed by atoms with van der Waals surface area (Å²) in [6.45, 7) is 6.70. The van der Waals surface area contributed by atoms with Crippen LogP contribution in [-0.2, 0) is 11.2 Å². The molecule has 5 heteroatoms. The molecule has 3 nitrogen and oxygen atoms in total. The molecule has 0 bridgehead atoms. The van der Waals surface area contributed by atoms with Crippen LogP contribution in [0.4, 0.5) is 5.69 Å². The van der Waals surface area contributed by atoms with Gasteiger partial charge >= 0.3 is 0 Å². The van der Waals surface area contributed by atoms with Gasteiger partial charge in [0.05, 0.1) is 10.2 Å². The fraction of sp³-hybridized carbons (Fsp3) is 0.172. The molecule has 0 saturated heterocycles. The average molecular weight is 483 g/mol. The highest BCUT2D eigenvalue weighted by molar-refractivity contribution is 8.00. The fourth-order valence-electron chi connectivity index (χ4n) is 3.91. The van der Waals surface area contributed by atoms with Crippen LogP contribution in [0.15, 0.2) is 89.3 Å². The van der Waals surface area contributed by atoms with E-state index in [1.54, 1.807) is 23.1 Å². The smallest absolute Gasteiger partial charge is 0.256 e. The van der Waals surface area contributed by atoms with Gasteiger partial charge in [0.25, 0.3) is 5.91 Å². The van der Waals surface area contributed by atoms with Crippen molar-refractivity contribution >= 4 is 55.7 Å². The molecule has 0 atom stereocenters. The molecule has 0 unspecified atom stereocenters. The summed E-state index contributed by atoms with van der Waals surface area (Å²) in [5, 5.41) is 5.07. The standard InChI is InChI=1S/C29H26N2OS2/c1-29(2,3)21-13-11-19(12-14-21)18-33-28-31-25-16-15-22(17-26(25)34-28)30-27(32)24-10-6-8-20-7-4-5-9-23(20)24/h4-17H,18H2,1-3H3,(H,30,32). The normalized spacial score (nSPS) is 11.7. The van der Waals surface area contributed by atoms with Crippen LogP contribution in [0, 0.1) is 0 Å². The third kappa shape index (κ3) is 4.86. The maximum absolute atomic E-state index is 13.0. The quantitative estimate of drug-likeness (QED) is 0.256. The summed E-state index contributed by atoms with van der Waals surface area (Å²) in [5.74, 6) is 0.781. The minimum absolute atomic E-state index is 0.103. The first-order chi connectivity index (χ1) is 16.4. The molecule has 5 aromatic rings. The summed E-state index contributed by atoms with van der Waals surface area (Å²) in [6.07, 6.45) is 0. The molecule has 0 spiro atoms. The maximum Gasteiger partial charge on any atom is 0.256 e. The molecule has 0 radical (unpaired) electrons. The zero-order valence-corrected chi connectivity index (χ0v) is 21.1. The second-order valence-electron chi connectivity index (χ2n) is 9.38. The number of hydrogen-bond acceptors (Lipinski definition) is 4. The van der Waals surface area contributed by atoms with Gasteiger partial charge in [0, 0.05) is 17.0 Å². The Bertz CT molecular complexity index is 1470. The lowest BCUT2D eigenvalue weighted by molar-refractivity contribution is 0.102. The number of thioether (sulfide) groups is 1. The van der Waals surface area contributed by atoms with Crippen LogP contribution in [0.2, 0.25) is 0 Å². The molecule has 1 aromatic heterocycles. The number of nitrogens with zero attached hydrogens (tertiary/aromatic N) is 1. The molecular weight excluding hydrogens is 456 g/mol.